The Morgan fingerprint density at radius 2 is 2.06 bits per heavy atom. The second kappa shape index (κ2) is 4.86. The van der Waals surface area contributed by atoms with E-state index in [0.29, 0.717) is 6.42 Å². The van der Waals surface area contributed by atoms with Gasteiger partial charge >= 0.3 is 5.97 Å². The van der Waals surface area contributed by atoms with Gasteiger partial charge in [-0.3, -0.25) is 0 Å². The van der Waals surface area contributed by atoms with Gasteiger partial charge in [-0.05, 0) is 29.8 Å². The third-order valence-electron chi connectivity index (χ3n) is 2.56. The van der Waals surface area contributed by atoms with Crippen LogP contribution in [0.3, 0.4) is 0 Å². The topological polar surface area (TPSA) is 57.1 Å². The van der Waals surface area contributed by atoms with Crippen molar-refractivity contribution in [3.8, 4) is 5.75 Å². The molecule has 0 aliphatic carbocycles. The lowest BCUT2D eigenvalue weighted by Crippen LogP contribution is -2.22. The maximum absolute atomic E-state index is 11.3. The first kappa shape index (κ1) is 11.4. The summed E-state index contributed by atoms with van der Waals surface area (Å²) in [6.45, 7) is 0. The van der Waals surface area contributed by atoms with Crippen molar-refractivity contribution in [1.82, 2.24) is 0 Å². The highest BCUT2D eigenvalue weighted by Crippen LogP contribution is 2.19. The van der Waals surface area contributed by atoms with Gasteiger partial charge in [0.2, 0.25) is 6.10 Å². The average molecular weight is 235 g/mol. The number of ether oxygens (including phenoxy) is 2. The monoisotopic (exact) mass is 235 g/mol. The minimum atomic E-state index is -0.628. The van der Waals surface area contributed by atoms with Crippen molar-refractivity contribution in [2.45, 2.75) is 12.5 Å². The van der Waals surface area contributed by atoms with Crippen molar-refractivity contribution in [1.29, 1.82) is 0 Å². The molecule has 0 radical (unpaired) electrons. The first-order valence-electron chi connectivity index (χ1n) is 5.19. The van der Waals surface area contributed by atoms with E-state index in [1.165, 1.54) is 7.11 Å². The lowest BCUT2D eigenvalue weighted by molar-refractivity contribution is -0.152. The zero-order valence-electron chi connectivity index (χ0n) is 9.67. The Morgan fingerprint density at radius 1 is 1.35 bits per heavy atom. The number of nitrogens with zero attached hydrogens (tertiary/aromatic N) is 1. The van der Waals surface area contributed by atoms with Crippen LogP contribution in [-0.4, -0.2) is 32.0 Å². The lowest BCUT2D eigenvalue weighted by Gasteiger charge is -2.04. The predicted molar refractivity (Wildman–Crippen MR) is 61.0 cm³/mol. The van der Waals surface area contributed by atoms with E-state index in [2.05, 4.69) is 9.89 Å². The summed E-state index contributed by atoms with van der Waals surface area (Å²) < 4.78 is 9.66. The second-order valence-electron chi connectivity index (χ2n) is 3.59. The van der Waals surface area contributed by atoms with E-state index < -0.39 is 12.1 Å². The number of benzene rings is 1. The van der Waals surface area contributed by atoms with E-state index in [0.717, 1.165) is 17.0 Å². The van der Waals surface area contributed by atoms with Crippen LogP contribution in [0.15, 0.2) is 29.4 Å². The fourth-order valence-corrected chi connectivity index (χ4v) is 1.59. The molecule has 5 heteroatoms. The van der Waals surface area contributed by atoms with E-state index in [1.807, 2.05) is 24.3 Å². The van der Waals surface area contributed by atoms with Crippen LogP contribution >= 0.6 is 0 Å². The maximum Gasteiger partial charge on any atom is 0.350 e. The number of hydrogen-bond acceptors (Lipinski definition) is 5. The molecule has 1 heterocycles. The van der Waals surface area contributed by atoms with Gasteiger partial charge in [-0.25, -0.2) is 4.79 Å². The van der Waals surface area contributed by atoms with Crippen LogP contribution in [0.1, 0.15) is 12.0 Å². The van der Waals surface area contributed by atoms with Crippen molar-refractivity contribution in [2.24, 2.45) is 5.16 Å². The third-order valence-corrected chi connectivity index (χ3v) is 2.56. The molecule has 5 nitrogen and oxygen atoms in total. The van der Waals surface area contributed by atoms with E-state index in [4.69, 9.17) is 9.57 Å². The fraction of sp³-hybridized carbons (Fsp3) is 0.333. The van der Waals surface area contributed by atoms with Crippen LogP contribution in [0, 0.1) is 0 Å². The van der Waals surface area contributed by atoms with Gasteiger partial charge in [0.1, 0.15) is 5.75 Å². The van der Waals surface area contributed by atoms with Crippen molar-refractivity contribution in [3.05, 3.63) is 29.8 Å². The Labute approximate surface area is 99.0 Å². The van der Waals surface area contributed by atoms with Crippen molar-refractivity contribution in [2.75, 3.05) is 14.2 Å². The van der Waals surface area contributed by atoms with Crippen LogP contribution in [0.4, 0.5) is 0 Å². The summed E-state index contributed by atoms with van der Waals surface area (Å²) in [5, 5.41) is 3.89. The molecule has 0 unspecified atom stereocenters. The summed E-state index contributed by atoms with van der Waals surface area (Å²) in [6.07, 6.45) is -0.198. The largest absolute Gasteiger partial charge is 0.497 e. The van der Waals surface area contributed by atoms with Gasteiger partial charge < -0.3 is 14.3 Å². The summed E-state index contributed by atoms with van der Waals surface area (Å²) in [5.41, 5.74) is 1.65. The zero-order valence-corrected chi connectivity index (χ0v) is 9.67. The first-order chi connectivity index (χ1) is 8.24. The highest BCUT2D eigenvalue weighted by Gasteiger charge is 2.29. The summed E-state index contributed by atoms with van der Waals surface area (Å²) >= 11 is 0. The quantitative estimate of drug-likeness (QED) is 0.742. The number of rotatable bonds is 3. The Balaban J connectivity index is 2.07. The molecular formula is C12H13NO4. The SMILES string of the molecule is COC(=O)[C@H]1CC(c2ccc(OC)cc2)=NO1. The number of carbonyl (C=O) groups is 1. The number of esters is 1. The van der Waals surface area contributed by atoms with Crippen molar-refractivity contribution in [3.63, 3.8) is 0 Å². The number of hydrogen-bond donors (Lipinski definition) is 0. The standard InChI is InChI=1S/C12H13NO4/c1-15-9-5-3-8(4-6-9)10-7-11(17-13-10)12(14)16-2/h3-6,11H,7H2,1-2H3/t11-/m1/s1. The van der Waals surface area contributed by atoms with E-state index in [-0.39, 0.29) is 0 Å². The van der Waals surface area contributed by atoms with Crippen LogP contribution < -0.4 is 4.74 Å². The van der Waals surface area contributed by atoms with Gasteiger partial charge in [-0.2, -0.15) is 0 Å². The smallest absolute Gasteiger partial charge is 0.350 e. The zero-order chi connectivity index (χ0) is 12.3. The number of carbonyl (C=O) groups excluding carboxylic acids is 1. The van der Waals surface area contributed by atoms with Crippen LogP contribution in [-0.2, 0) is 14.4 Å². The molecule has 90 valence electrons. The van der Waals surface area contributed by atoms with Gasteiger partial charge in [-0.1, -0.05) is 5.16 Å². The Hall–Kier alpha value is -2.04. The predicted octanol–water partition coefficient (Wildman–Crippen LogP) is 1.36. The summed E-state index contributed by atoms with van der Waals surface area (Å²) in [7, 11) is 2.94. The van der Waals surface area contributed by atoms with Crippen LogP contribution in [0.2, 0.25) is 0 Å². The van der Waals surface area contributed by atoms with Gasteiger partial charge in [0.25, 0.3) is 0 Å². The molecule has 0 saturated carbocycles. The molecule has 17 heavy (non-hydrogen) atoms. The highest BCUT2D eigenvalue weighted by atomic mass is 16.7. The van der Waals surface area contributed by atoms with Crippen molar-refractivity contribution < 1.29 is 19.1 Å². The van der Waals surface area contributed by atoms with Crippen LogP contribution in [0.5, 0.6) is 5.75 Å². The molecule has 0 saturated heterocycles. The molecule has 1 aliphatic rings. The molecule has 0 bridgehead atoms. The van der Waals surface area contributed by atoms with Gasteiger partial charge in [0.05, 0.1) is 19.9 Å². The Kier molecular flexibility index (Phi) is 3.27. The first-order valence-corrected chi connectivity index (χ1v) is 5.19. The second-order valence-corrected chi connectivity index (χ2v) is 3.59. The van der Waals surface area contributed by atoms with Gasteiger partial charge in [0.15, 0.2) is 0 Å². The maximum atomic E-state index is 11.3. The van der Waals surface area contributed by atoms with Crippen molar-refractivity contribution >= 4 is 11.7 Å². The molecule has 0 N–H and O–H groups in total. The minimum absolute atomic E-state index is 0.405. The van der Waals surface area contributed by atoms with Gasteiger partial charge in [0, 0.05) is 6.42 Å². The minimum Gasteiger partial charge on any atom is -0.497 e. The summed E-state index contributed by atoms with van der Waals surface area (Å²) in [6, 6.07) is 7.42. The molecule has 2 rings (SSSR count). The number of oxime groups is 1. The molecule has 1 atom stereocenters. The van der Waals surface area contributed by atoms with E-state index in [9.17, 15) is 4.79 Å². The normalized spacial score (nSPS) is 18.2. The molecular weight excluding hydrogens is 222 g/mol. The Morgan fingerprint density at radius 3 is 2.65 bits per heavy atom. The molecule has 0 aromatic heterocycles. The molecule has 1 aliphatic heterocycles. The van der Waals surface area contributed by atoms with E-state index in [1.54, 1.807) is 7.11 Å². The number of methoxy groups -OCH3 is 2. The van der Waals surface area contributed by atoms with Crippen LogP contribution in [0.25, 0.3) is 0 Å². The summed E-state index contributed by atoms with van der Waals surface area (Å²) in [5.74, 6) is 0.370. The van der Waals surface area contributed by atoms with E-state index >= 15 is 0 Å². The van der Waals surface area contributed by atoms with Gasteiger partial charge in [-0.15, -0.1) is 0 Å². The summed E-state index contributed by atoms with van der Waals surface area (Å²) in [4.78, 5) is 16.3. The molecule has 1 aromatic rings. The molecule has 0 fully saturated rings. The molecule has 1 aromatic carbocycles. The molecule has 0 spiro atoms. The fourth-order valence-electron chi connectivity index (χ4n) is 1.59. The Bertz CT molecular complexity index is 438. The third kappa shape index (κ3) is 2.38. The average Bonchev–Trinajstić information content (AvgIpc) is 2.87. The lowest BCUT2D eigenvalue weighted by atomic mass is 10.1. The highest BCUT2D eigenvalue weighted by molar-refractivity contribution is 6.03. The molecule has 0 amide bonds.